The van der Waals surface area contributed by atoms with Gasteiger partial charge in [-0.1, -0.05) is 112 Å². The maximum Gasteiger partial charge on any atom is -0.172 e. The molecule has 43 heavy (non-hydrogen) atoms. The summed E-state index contributed by atoms with van der Waals surface area (Å²) in [5.41, 5.74) is 14.1. The summed E-state index contributed by atoms with van der Waals surface area (Å²) in [5, 5.41) is 0. The van der Waals surface area contributed by atoms with Crippen LogP contribution in [-0.2, 0) is 47.9 Å². The molecule has 0 aliphatic heterocycles. The molecule has 0 saturated carbocycles. The molecule has 0 unspecified atom stereocenters. The summed E-state index contributed by atoms with van der Waals surface area (Å²) in [6.45, 7) is 13.5. The zero-order chi connectivity index (χ0) is 29.6. The summed E-state index contributed by atoms with van der Waals surface area (Å²) < 4.78 is 3.34. The molecule has 5 aromatic rings. The molecule has 0 fully saturated rings. The molecule has 0 spiro atoms. The topological polar surface area (TPSA) is 0 Å². The van der Waals surface area contributed by atoms with Crippen molar-refractivity contribution < 1.29 is 24.2 Å². The van der Waals surface area contributed by atoms with Gasteiger partial charge in [0.05, 0.1) is 0 Å². The number of rotatable bonds is 0. The van der Waals surface area contributed by atoms with Gasteiger partial charge in [0.1, 0.15) is 0 Å². The second-order valence-corrected chi connectivity index (χ2v) is 12.7. The van der Waals surface area contributed by atoms with Gasteiger partial charge in [-0.25, -0.2) is 12.1 Å². The first-order chi connectivity index (χ1) is 19.6. The van der Waals surface area contributed by atoms with Crippen LogP contribution in [0.3, 0.4) is 0 Å². The van der Waals surface area contributed by atoms with Crippen LogP contribution in [0.2, 0.25) is 0 Å². The minimum absolute atomic E-state index is 0. The minimum Gasteiger partial charge on any atom is -0.214 e. The molecule has 7 rings (SSSR count). The van der Waals surface area contributed by atoms with E-state index in [1.807, 2.05) is 30.3 Å². The monoisotopic (exact) mass is 683 g/mol. The Balaban J connectivity index is 0.000000237. The SMILES string of the molecule is CC(C)(C)c1[c-]c2c(cc1)-c1ccccc1C2.CC(C)(C)c1[c-]c2c(cc1)-c1ccccc1C2.Cl.Cl.[CH2]=[Zr].c1cc[cH-]c1. The van der Waals surface area contributed by atoms with Crippen molar-refractivity contribution in [1.29, 1.82) is 0 Å². The Hall–Kier alpha value is -2.44. The first-order valence-corrected chi connectivity index (χ1v) is 16.1. The largest absolute Gasteiger partial charge is 0.214 e. The van der Waals surface area contributed by atoms with Crippen molar-refractivity contribution in [2.75, 3.05) is 0 Å². The van der Waals surface area contributed by atoms with Crippen LogP contribution < -0.4 is 0 Å². The summed E-state index contributed by atoms with van der Waals surface area (Å²) in [7, 11) is 0. The second kappa shape index (κ2) is 16.0. The third-order valence-corrected chi connectivity index (χ3v) is 7.58. The van der Waals surface area contributed by atoms with Gasteiger partial charge >= 0.3 is 28.4 Å². The van der Waals surface area contributed by atoms with E-state index in [0.717, 1.165) is 12.8 Å². The molecular weight excluding hydrogens is 643 g/mol. The number of hydrogen-bond acceptors (Lipinski definition) is 0. The van der Waals surface area contributed by atoms with E-state index in [9.17, 15) is 0 Å². The van der Waals surface area contributed by atoms with Crippen LogP contribution in [0.4, 0.5) is 0 Å². The fourth-order valence-electron chi connectivity index (χ4n) is 5.31. The van der Waals surface area contributed by atoms with E-state index in [2.05, 4.69) is 131 Å². The molecule has 0 radical (unpaired) electrons. The standard InChI is InChI=1S/2C17H17.C5H5.CH2.2ClH.Zr/c2*1-17(2,3)14-8-9-16-13(11-14)10-12-6-4-5-7-15(12)16;1-2-4-5-3-1;;;;/h2*4-9H,10H2,1-3H3;1-5H;1H2;2*1H;/q3*-1;;;;. The van der Waals surface area contributed by atoms with Crippen LogP contribution in [0.5, 0.6) is 0 Å². The van der Waals surface area contributed by atoms with Crippen molar-refractivity contribution >= 4 is 29.0 Å². The Labute approximate surface area is 287 Å². The molecule has 0 heterocycles. The van der Waals surface area contributed by atoms with Gasteiger partial charge in [-0.2, -0.15) is 65.7 Å². The Kier molecular flexibility index (Phi) is 13.7. The molecule has 0 N–H and O–H groups in total. The van der Waals surface area contributed by atoms with Crippen molar-refractivity contribution in [3.63, 3.8) is 0 Å². The number of fused-ring (bicyclic) bond motifs is 6. The molecule has 0 nitrogen and oxygen atoms in total. The zero-order valence-electron chi connectivity index (χ0n) is 26.3. The molecule has 0 aromatic heterocycles. The van der Waals surface area contributed by atoms with E-state index in [-0.39, 0.29) is 35.6 Å². The van der Waals surface area contributed by atoms with Gasteiger partial charge in [0, 0.05) is 0 Å². The molecule has 0 bridgehead atoms. The predicted octanol–water partition coefficient (Wildman–Crippen LogP) is 10.9. The maximum atomic E-state index is 3.61. The first-order valence-electron chi connectivity index (χ1n) is 14.4. The van der Waals surface area contributed by atoms with Crippen LogP contribution in [0, 0.1) is 12.1 Å². The Morgan fingerprint density at radius 3 is 1.23 bits per heavy atom. The molecule has 2 aliphatic rings. The summed E-state index contributed by atoms with van der Waals surface area (Å²) in [4.78, 5) is 0. The van der Waals surface area contributed by atoms with E-state index < -0.39 is 0 Å². The van der Waals surface area contributed by atoms with Gasteiger partial charge in [0.25, 0.3) is 0 Å². The fourth-order valence-corrected chi connectivity index (χ4v) is 5.31. The Morgan fingerprint density at radius 1 is 0.535 bits per heavy atom. The number of halogens is 2. The summed E-state index contributed by atoms with van der Waals surface area (Å²) in [6.07, 6.45) is 2.07. The predicted molar refractivity (Wildman–Crippen MR) is 188 cm³/mol. The van der Waals surface area contributed by atoms with Crippen molar-refractivity contribution in [1.82, 2.24) is 0 Å². The van der Waals surface area contributed by atoms with E-state index >= 15 is 0 Å². The van der Waals surface area contributed by atoms with Gasteiger partial charge < -0.3 is 0 Å². The van der Waals surface area contributed by atoms with Crippen LogP contribution >= 0.6 is 24.8 Å². The second-order valence-electron chi connectivity index (χ2n) is 12.7. The van der Waals surface area contributed by atoms with Crippen LogP contribution in [0.1, 0.15) is 74.9 Å². The Bertz CT molecular complexity index is 1460. The van der Waals surface area contributed by atoms with E-state index in [0.29, 0.717) is 0 Å². The van der Waals surface area contributed by atoms with E-state index in [1.165, 1.54) is 79.9 Å². The van der Waals surface area contributed by atoms with Gasteiger partial charge in [0.15, 0.2) is 0 Å². The minimum atomic E-state index is 0. The molecule has 0 amide bonds. The third kappa shape index (κ3) is 9.04. The average Bonchev–Trinajstić information content (AvgIpc) is 3.72. The third-order valence-electron chi connectivity index (χ3n) is 7.58. The van der Waals surface area contributed by atoms with Gasteiger partial charge in [-0.3, -0.25) is 0 Å². The fraction of sp³-hybridized carbons (Fsp3) is 0.250. The summed E-state index contributed by atoms with van der Waals surface area (Å²) >= 11 is 1.30. The molecular formula is C40H43Cl2Zr-3. The van der Waals surface area contributed by atoms with Crippen molar-refractivity contribution in [2.24, 2.45) is 0 Å². The molecule has 0 saturated heterocycles. The van der Waals surface area contributed by atoms with Gasteiger partial charge in [-0.15, -0.1) is 47.1 Å². The van der Waals surface area contributed by atoms with Crippen molar-refractivity contribution in [3.05, 3.63) is 149 Å². The van der Waals surface area contributed by atoms with Crippen molar-refractivity contribution in [2.45, 2.75) is 65.2 Å². The quantitative estimate of drug-likeness (QED) is 0.139. The van der Waals surface area contributed by atoms with Crippen LogP contribution in [0.15, 0.2) is 103 Å². The summed E-state index contributed by atoms with van der Waals surface area (Å²) in [5.74, 6) is 0. The van der Waals surface area contributed by atoms with E-state index in [4.69, 9.17) is 0 Å². The van der Waals surface area contributed by atoms with Gasteiger partial charge in [-0.05, 0) is 23.7 Å². The van der Waals surface area contributed by atoms with E-state index in [1.54, 1.807) is 0 Å². The molecule has 5 aromatic carbocycles. The molecule has 0 atom stereocenters. The van der Waals surface area contributed by atoms with Crippen LogP contribution in [0.25, 0.3) is 22.3 Å². The first kappa shape index (κ1) is 36.8. The average molecular weight is 686 g/mol. The molecule has 224 valence electrons. The number of benzene rings is 4. The van der Waals surface area contributed by atoms with Crippen molar-refractivity contribution in [3.8, 4) is 22.3 Å². The zero-order valence-corrected chi connectivity index (χ0v) is 30.3. The normalized spacial score (nSPS) is 11.6. The van der Waals surface area contributed by atoms with Gasteiger partial charge in [0.2, 0.25) is 0 Å². The smallest absolute Gasteiger partial charge is 0.172 e. The number of hydrogen-bond donors (Lipinski definition) is 0. The summed E-state index contributed by atoms with van der Waals surface area (Å²) in [6, 6.07) is 43.5. The maximum absolute atomic E-state index is 3.61. The van der Waals surface area contributed by atoms with Crippen LogP contribution in [-0.4, -0.2) is 4.21 Å². The Morgan fingerprint density at radius 2 is 0.907 bits per heavy atom. The molecule has 3 heteroatoms. The molecule has 2 aliphatic carbocycles.